The lowest BCUT2D eigenvalue weighted by atomic mass is 10.2. The summed E-state index contributed by atoms with van der Waals surface area (Å²) in [6.07, 6.45) is 5.48. The second-order valence-electron chi connectivity index (χ2n) is 6.95. The van der Waals surface area contributed by atoms with Gasteiger partial charge in [-0.2, -0.15) is 4.31 Å². The number of hydrogen-bond acceptors (Lipinski definition) is 5. The normalized spacial score (nSPS) is 16.1. The SMILES string of the molecule is CCCCCCN(CCN1CCOCC1)S(=O)(=O)c1cc(C(N)=O)n(C)c1. The smallest absolute Gasteiger partial charge is 0.265 e. The first-order valence-corrected chi connectivity index (χ1v) is 11.1. The summed E-state index contributed by atoms with van der Waals surface area (Å²) in [5.41, 5.74) is 5.52. The largest absolute Gasteiger partial charge is 0.379 e. The van der Waals surface area contributed by atoms with E-state index in [4.69, 9.17) is 10.5 Å². The Morgan fingerprint density at radius 1 is 1.22 bits per heavy atom. The lowest BCUT2D eigenvalue weighted by Crippen LogP contribution is -2.43. The highest BCUT2D eigenvalue weighted by Crippen LogP contribution is 2.19. The van der Waals surface area contributed by atoms with Gasteiger partial charge in [0.1, 0.15) is 10.6 Å². The van der Waals surface area contributed by atoms with Crippen LogP contribution >= 0.6 is 0 Å². The molecule has 0 unspecified atom stereocenters. The minimum atomic E-state index is -3.68. The zero-order valence-corrected chi connectivity index (χ0v) is 17.2. The Balaban J connectivity index is 2.13. The first-order chi connectivity index (χ1) is 12.9. The molecule has 1 aromatic rings. The number of ether oxygens (including phenoxy) is 1. The number of carbonyl (C=O) groups is 1. The van der Waals surface area contributed by atoms with Crippen LogP contribution in [0.1, 0.15) is 43.1 Å². The predicted octanol–water partition coefficient (Wildman–Crippen LogP) is 1.03. The van der Waals surface area contributed by atoms with E-state index in [1.165, 1.54) is 21.1 Å². The van der Waals surface area contributed by atoms with Gasteiger partial charge in [-0.3, -0.25) is 9.69 Å². The summed E-state index contributed by atoms with van der Waals surface area (Å²) in [5.74, 6) is -0.637. The Kier molecular flexibility index (Phi) is 8.28. The summed E-state index contributed by atoms with van der Waals surface area (Å²) in [6.45, 7) is 6.71. The summed E-state index contributed by atoms with van der Waals surface area (Å²) in [7, 11) is -2.05. The molecular weight excluding hydrogens is 368 g/mol. The molecule has 154 valence electrons. The zero-order valence-electron chi connectivity index (χ0n) is 16.4. The molecule has 2 N–H and O–H groups in total. The Labute approximate surface area is 162 Å². The van der Waals surface area contributed by atoms with Crippen molar-refractivity contribution < 1.29 is 17.9 Å². The molecule has 2 rings (SSSR count). The zero-order chi connectivity index (χ0) is 19.9. The van der Waals surface area contributed by atoms with Crippen molar-refractivity contribution in [2.24, 2.45) is 12.8 Å². The number of carbonyl (C=O) groups excluding carboxylic acids is 1. The van der Waals surface area contributed by atoms with Crippen molar-refractivity contribution in [1.29, 1.82) is 0 Å². The van der Waals surface area contributed by atoms with Gasteiger partial charge in [-0.05, 0) is 12.5 Å². The monoisotopic (exact) mass is 400 g/mol. The van der Waals surface area contributed by atoms with Crippen LogP contribution in [0.2, 0.25) is 0 Å². The molecule has 0 atom stereocenters. The molecule has 0 spiro atoms. The van der Waals surface area contributed by atoms with Crippen LogP contribution in [-0.4, -0.2) is 74.0 Å². The first-order valence-electron chi connectivity index (χ1n) is 9.62. The molecule has 1 saturated heterocycles. The fraction of sp³-hybridized carbons (Fsp3) is 0.722. The molecule has 1 aliphatic heterocycles. The van der Waals surface area contributed by atoms with E-state index in [9.17, 15) is 13.2 Å². The van der Waals surface area contributed by atoms with Gasteiger partial charge in [0.15, 0.2) is 0 Å². The van der Waals surface area contributed by atoms with Crippen LogP contribution in [-0.2, 0) is 21.8 Å². The maximum Gasteiger partial charge on any atom is 0.265 e. The Morgan fingerprint density at radius 3 is 2.52 bits per heavy atom. The van der Waals surface area contributed by atoms with E-state index in [2.05, 4.69) is 11.8 Å². The number of hydrogen-bond donors (Lipinski definition) is 1. The number of morpholine rings is 1. The number of sulfonamides is 1. The third kappa shape index (κ3) is 6.03. The first kappa shape index (κ1) is 21.9. The minimum absolute atomic E-state index is 0.122. The van der Waals surface area contributed by atoms with E-state index < -0.39 is 15.9 Å². The summed E-state index contributed by atoms with van der Waals surface area (Å²) in [4.78, 5) is 13.8. The van der Waals surface area contributed by atoms with Gasteiger partial charge in [0.25, 0.3) is 5.91 Å². The molecule has 8 nitrogen and oxygen atoms in total. The van der Waals surface area contributed by atoms with Gasteiger partial charge in [0.05, 0.1) is 13.2 Å². The molecule has 0 radical (unpaired) electrons. The highest BCUT2D eigenvalue weighted by atomic mass is 32.2. The standard InChI is InChI=1S/C18H32N4O4S/c1-3-4-5-6-7-22(9-8-21-10-12-26-13-11-21)27(24,25)16-14-17(18(19)23)20(2)15-16/h14-15H,3-13H2,1-2H3,(H2,19,23). The molecular formula is C18H32N4O4S. The second-order valence-corrected chi connectivity index (χ2v) is 8.89. The van der Waals surface area contributed by atoms with Crippen molar-refractivity contribution in [3.8, 4) is 0 Å². The predicted molar refractivity (Wildman–Crippen MR) is 104 cm³/mol. The number of rotatable bonds is 11. The molecule has 1 aromatic heterocycles. The van der Waals surface area contributed by atoms with Crippen LogP contribution in [0.4, 0.5) is 0 Å². The van der Waals surface area contributed by atoms with Gasteiger partial charge in [-0.15, -0.1) is 0 Å². The minimum Gasteiger partial charge on any atom is -0.379 e. The average molecular weight is 401 g/mol. The number of aryl methyl sites for hydroxylation is 1. The van der Waals surface area contributed by atoms with Gasteiger partial charge < -0.3 is 15.0 Å². The fourth-order valence-electron chi connectivity index (χ4n) is 3.21. The van der Waals surface area contributed by atoms with E-state index in [0.717, 1.165) is 38.8 Å². The third-order valence-corrected chi connectivity index (χ3v) is 6.76. The molecule has 1 aliphatic rings. The molecule has 27 heavy (non-hydrogen) atoms. The molecule has 0 bridgehead atoms. The molecule has 9 heteroatoms. The van der Waals surface area contributed by atoms with E-state index in [1.807, 2.05) is 0 Å². The van der Waals surface area contributed by atoms with Gasteiger partial charge in [-0.1, -0.05) is 26.2 Å². The summed E-state index contributed by atoms with van der Waals surface area (Å²) in [5, 5.41) is 0. The number of unbranched alkanes of at least 4 members (excludes halogenated alkanes) is 3. The Hall–Kier alpha value is -1.42. The topological polar surface area (TPSA) is 97.9 Å². The number of nitrogens with zero attached hydrogens (tertiary/aromatic N) is 3. The van der Waals surface area contributed by atoms with E-state index in [0.29, 0.717) is 32.8 Å². The summed E-state index contributed by atoms with van der Waals surface area (Å²) < 4.78 is 34.7. The average Bonchev–Trinajstić information content (AvgIpc) is 3.04. The fourth-order valence-corrected chi connectivity index (χ4v) is 4.76. The number of nitrogens with two attached hydrogens (primary N) is 1. The van der Waals surface area contributed by atoms with E-state index in [-0.39, 0.29) is 10.6 Å². The van der Waals surface area contributed by atoms with Crippen LogP contribution in [0.5, 0.6) is 0 Å². The molecule has 1 fully saturated rings. The van der Waals surface area contributed by atoms with Crippen LogP contribution in [0.3, 0.4) is 0 Å². The molecule has 0 aromatic carbocycles. The lowest BCUT2D eigenvalue weighted by molar-refractivity contribution is 0.0362. The lowest BCUT2D eigenvalue weighted by Gasteiger charge is -2.29. The Bertz CT molecular complexity index is 711. The third-order valence-electron chi connectivity index (χ3n) is 4.90. The van der Waals surface area contributed by atoms with Crippen LogP contribution in [0.15, 0.2) is 17.2 Å². The van der Waals surface area contributed by atoms with Crippen molar-refractivity contribution in [2.75, 3.05) is 45.9 Å². The maximum absolute atomic E-state index is 13.2. The van der Waals surface area contributed by atoms with Gasteiger partial charge in [-0.25, -0.2) is 8.42 Å². The highest BCUT2D eigenvalue weighted by Gasteiger charge is 2.27. The highest BCUT2D eigenvalue weighted by molar-refractivity contribution is 7.89. The quantitative estimate of drug-likeness (QED) is 0.560. The van der Waals surface area contributed by atoms with Crippen molar-refractivity contribution in [3.63, 3.8) is 0 Å². The number of primary amides is 1. The molecule has 0 saturated carbocycles. The van der Waals surface area contributed by atoms with Crippen LogP contribution in [0.25, 0.3) is 0 Å². The second kappa shape index (κ2) is 10.2. The summed E-state index contributed by atoms with van der Waals surface area (Å²) in [6, 6.07) is 1.37. The van der Waals surface area contributed by atoms with Gasteiger partial charge in [0, 0.05) is 46.0 Å². The van der Waals surface area contributed by atoms with Crippen LogP contribution < -0.4 is 5.73 Å². The molecule has 1 amide bonds. The summed E-state index contributed by atoms with van der Waals surface area (Å²) >= 11 is 0. The van der Waals surface area contributed by atoms with E-state index in [1.54, 1.807) is 7.05 Å². The maximum atomic E-state index is 13.2. The molecule has 2 heterocycles. The van der Waals surface area contributed by atoms with E-state index >= 15 is 0 Å². The van der Waals surface area contributed by atoms with Crippen molar-refractivity contribution >= 4 is 15.9 Å². The van der Waals surface area contributed by atoms with Crippen molar-refractivity contribution in [2.45, 2.75) is 37.5 Å². The number of amides is 1. The number of aromatic nitrogens is 1. The molecule has 0 aliphatic carbocycles. The van der Waals surface area contributed by atoms with Gasteiger partial charge >= 0.3 is 0 Å². The van der Waals surface area contributed by atoms with Crippen LogP contribution in [0, 0.1) is 0 Å². The van der Waals surface area contributed by atoms with Crippen molar-refractivity contribution in [3.05, 3.63) is 18.0 Å². The Morgan fingerprint density at radius 2 is 1.93 bits per heavy atom. The van der Waals surface area contributed by atoms with Gasteiger partial charge in [0.2, 0.25) is 10.0 Å². The van der Waals surface area contributed by atoms with Crippen molar-refractivity contribution in [1.82, 2.24) is 13.8 Å².